The molecule has 0 fully saturated rings. The molecule has 0 aliphatic rings. The lowest BCUT2D eigenvalue weighted by molar-refractivity contribution is -0.176. The van der Waals surface area contributed by atoms with Gasteiger partial charge in [-0.15, -0.1) is 0 Å². The largest absolute Gasteiger partial charge is 0.460 e. The number of nitrogens with two attached hydrogens (primary N) is 10. The molecule has 26 N–H and O–H groups in total. The maximum absolute atomic E-state index is 13.0. The van der Waals surface area contributed by atoms with Crippen molar-refractivity contribution in [1.29, 1.82) is 0 Å². The van der Waals surface area contributed by atoms with Gasteiger partial charge in [0, 0.05) is 18.6 Å². The molecular formula is C76H168N10O14. The van der Waals surface area contributed by atoms with Gasteiger partial charge in [-0.1, -0.05) is 109 Å². The third kappa shape index (κ3) is 75.4. The maximum atomic E-state index is 13.0. The van der Waals surface area contributed by atoms with Crippen LogP contribution in [0.25, 0.3) is 0 Å². The molecule has 0 saturated carbocycles. The number of carbonyl (C=O) groups is 5. The molecule has 0 spiro atoms. The molecule has 0 aromatic heterocycles. The van der Waals surface area contributed by atoms with Gasteiger partial charge in [0.15, 0.2) is 0 Å². The quantitative estimate of drug-likeness (QED) is 0.00911. The van der Waals surface area contributed by atoms with Crippen LogP contribution in [0, 0.1) is 70.0 Å². The van der Waals surface area contributed by atoms with Crippen LogP contribution in [0.1, 0.15) is 270 Å². The lowest BCUT2D eigenvalue weighted by Crippen LogP contribution is -2.39. The van der Waals surface area contributed by atoms with E-state index in [2.05, 4.69) is 82.4 Å². The molecule has 0 amide bonds. The van der Waals surface area contributed by atoms with Crippen molar-refractivity contribution in [3.63, 3.8) is 0 Å². The molecule has 0 aliphatic heterocycles. The highest BCUT2D eigenvalue weighted by Gasteiger charge is 2.39. The van der Waals surface area contributed by atoms with Gasteiger partial charge < -0.3 is 92.0 Å². The molecule has 0 rings (SSSR count). The van der Waals surface area contributed by atoms with Crippen LogP contribution in [0.15, 0.2) is 25.3 Å². The van der Waals surface area contributed by atoms with Crippen molar-refractivity contribution in [3.05, 3.63) is 25.3 Å². The Labute approximate surface area is 612 Å². The molecule has 12 unspecified atom stereocenters. The average molecular weight is 1450 g/mol. The Morgan fingerprint density at radius 1 is 0.380 bits per heavy atom. The molecule has 24 nitrogen and oxygen atoms in total. The molecule has 0 radical (unpaired) electrons. The molecule has 0 heterocycles. The first-order valence-electron chi connectivity index (χ1n) is 36.5. The molecule has 0 aromatic carbocycles. The van der Waals surface area contributed by atoms with Gasteiger partial charge in [0.05, 0.1) is 11.8 Å². The summed E-state index contributed by atoms with van der Waals surface area (Å²) in [5.41, 5.74) is 54.2. The van der Waals surface area contributed by atoms with E-state index in [1.54, 1.807) is 0 Å². The summed E-state index contributed by atoms with van der Waals surface area (Å²) in [4.78, 5) is 58.3. The summed E-state index contributed by atoms with van der Waals surface area (Å²) < 4.78 is 26.2. The Bertz CT molecular complexity index is 1870. The summed E-state index contributed by atoms with van der Waals surface area (Å²) in [5.74, 6) is 2.38. The molecule has 0 saturated heterocycles. The van der Waals surface area contributed by atoms with E-state index >= 15 is 0 Å². The average Bonchev–Trinajstić information content (AvgIpc) is 0.878. The zero-order chi connectivity index (χ0) is 79.1. The summed E-state index contributed by atoms with van der Waals surface area (Å²) in [7, 11) is 0. The van der Waals surface area contributed by atoms with Crippen molar-refractivity contribution in [3.8, 4) is 0 Å². The van der Waals surface area contributed by atoms with Crippen molar-refractivity contribution in [1.82, 2.24) is 0 Å². The van der Waals surface area contributed by atoms with Crippen molar-refractivity contribution in [2.75, 3.05) is 65.4 Å². The van der Waals surface area contributed by atoms with Crippen LogP contribution in [0.3, 0.4) is 0 Å². The summed E-state index contributed by atoms with van der Waals surface area (Å²) >= 11 is 0. The fraction of sp³-hybridized carbons (Fsp3) is 0.882. The predicted octanol–water partition coefficient (Wildman–Crippen LogP) is 10.8. The number of ether oxygens (including phenoxy) is 5. The van der Waals surface area contributed by atoms with Crippen LogP contribution in [-0.4, -0.2) is 145 Å². The van der Waals surface area contributed by atoms with E-state index in [0.29, 0.717) is 92.8 Å². The molecule has 12 atom stereocenters. The highest BCUT2D eigenvalue weighted by molar-refractivity contribution is 5.82. The third-order valence-electron chi connectivity index (χ3n) is 16.2. The SMILES string of the molecule is C=CC(=O)OC(C)(C)C.C=CC(=O)OC(C)(C)C.CCC(CN)(CC(C)CN)CC(CC(C)C(=O)OC(C)(C)C)C(=O)OC(C)(C)C.CCC(CN)(CCC(=O)OC(C)(C)C)CC(C)CN.CCC(CN)CC(C)CN.CCC(CN)CC(C)CN.CCC(CN)CC(C)CN.O.O.OO. The van der Waals surface area contributed by atoms with Crippen molar-refractivity contribution in [2.45, 2.75) is 298 Å². The van der Waals surface area contributed by atoms with Crippen LogP contribution in [0.4, 0.5) is 0 Å². The van der Waals surface area contributed by atoms with E-state index in [1.165, 1.54) is 38.5 Å². The molecular weight excluding hydrogens is 1280 g/mol. The number of carbonyl (C=O) groups excluding carboxylic acids is 5. The second kappa shape index (κ2) is 64.8. The van der Waals surface area contributed by atoms with Crippen LogP contribution in [0.2, 0.25) is 0 Å². The van der Waals surface area contributed by atoms with Crippen LogP contribution >= 0.6 is 0 Å². The van der Waals surface area contributed by atoms with Gasteiger partial charge in [-0.2, -0.15) is 0 Å². The fourth-order valence-corrected chi connectivity index (χ4v) is 9.91. The molecule has 100 heavy (non-hydrogen) atoms. The Morgan fingerprint density at radius 3 is 0.860 bits per heavy atom. The van der Waals surface area contributed by atoms with E-state index in [1.807, 2.05) is 111 Å². The Balaban J connectivity index is -0.000000124. The highest BCUT2D eigenvalue weighted by Crippen LogP contribution is 2.39. The summed E-state index contributed by atoms with van der Waals surface area (Å²) in [6.07, 6.45) is 15.2. The van der Waals surface area contributed by atoms with E-state index in [9.17, 15) is 24.0 Å². The van der Waals surface area contributed by atoms with E-state index < -0.39 is 39.8 Å². The first kappa shape index (κ1) is 117. The van der Waals surface area contributed by atoms with Crippen LogP contribution in [-0.2, 0) is 47.7 Å². The zero-order valence-electron chi connectivity index (χ0n) is 69.1. The van der Waals surface area contributed by atoms with Gasteiger partial charge in [0.25, 0.3) is 0 Å². The van der Waals surface area contributed by atoms with Crippen molar-refractivity contribution >= 4 is 29.8 Å². The lowest BCUT2D eigenvalue weighted by Gasteiger charge is -2.37. The van der Waals surface area contributed by atoms with Gasteiger partial charge in [-0.05, 0) is 292 Å². The van der Waals surface area contributed by atoms with E-state index in [4.69, 9.17) is 91.5 Å². The first-order chi connectivity index (χ1) is 44.9. The Kier molecular flexibility index (Phi) is 76.1. The monoisotopic (exact) mass is 1450 g/mol. The maximum Gasteiger partial charge on any atom is 0.330 e. The van der Waals surface area contributed by atoms with Gasteiger partial charge in [0.1, 0.15) is 28.0 Å². The van der Waals surface area contributed by atoms with Gasteiger partial charge in [0.2, 0.25) is 0 Å². The minimum Gasteiger partial charge on any atom is -0.460 e. The molecule has 0 aromatic rings. The number of rotatable bonds is 36. The van der Waals surface area contributed by atoms with E-state index in [0.717, 1.165) is 83.5 Å². The third-order valence-corrected chi connectivity index (χ3v) is 16.2. The first-order valence-corrected chi connectivity index (χ1v) is 36.5. The number of hydrogen-bond donors (Lipinski definition) is 12. The van der Waals surface area contributed by atoms with Crippen LogP contribution in [0.5, 0.6) is 0 Å². The lowest BCUT2D eigenvalue weighted by atomic mass is 9.70. The smallest absolute Gasteiger partial charge is 0.330 e. The number of esters is 5. The minimum atomic E-state index is -0.591. The number of hydrogen-bond acceptors (Lipinski definition) is 22. The van der Waals surface area contributed by atoms with Crippen molar-refractivity contribution < 1.29 is 69.1 Å². The summed E-state index contributed by atoms with van der Waals surface area (Å²) in [6.45, 7) is 64.6. The van der Waals surface area contributed by atoms with Gasteiger partial charge in [-0.3, -0.25) is 24.9 Å². The molecule has 606 valence electrons. The summed E-state index contributed by atoms with van der Waals surface area (Å²) in [5, 5.41) is 12.0. The molecule has 0 bridgehead atoms. The predicted molar refractivity (Wildman–Crippen MR) is 419 cm³/mol. The molecule has 24 heteroatoms. The normalized spacial score (nSPS) is 15.3. The highest BCUT2D eigenvalue weighted by atomic mass is 17.0. The standard InChI is InChI=1S/C23H46N2O4.C15H32N2O2.3C8H20N2.2C7H12O2.H2O2.2H2O/c1-10-23(15-25,12-16(2)14-24)13-18(20(27)29-22(7,8)9)11-17(3)19(26)28-21(4,5)6;1-6-15(11-17,9-12(2)10-16)8-7-13(18)19-14(3,4)5;3*1-3-8(6-10)4-7(2)5-9;2*1-5-6(8)9-7(2,3)4;1-2;;/h16-18H,10-15,24-25H2,1-9H3;12H,6-11,16-17H2,1-5H3;3*7-8H,3-6,9-10H2,1-2H3;2*5H,1H2,2-4H3;1-2H;2*1H2. The Hall–Kier alpha value is -3.73. The summed E-state index contributed by atoms with van der Waals surface area (Å²) in [6, 6.07) is 0. The second-order valence-corrected chi connectivity index (χ2v) is 32.1. The van der Waals surface area contributed by atoms with Gasteiger partial charge in [-0.25, -0.2) is 9.59 Å². The topological polar surface area (TPSA) is 495 Å². The van der Waals surface area contributed by atoms with E-state index in [-0.39, 0.29) is 51.6 Å². The van der Waals surface area contributed by atoms with Crippen molar-refractivity contribution in [2.24, 2.45) is 127 Å². The minimum absolute atomic E-state index is 0. The van der Waals surface area contributed by atoms with Gasteiger partial charge >= 0.3 is 29.8 Å². The fourth-order valence-electron chi connectivity index (χ4n) is 9.91. The van der Waals surface area contributed by atoms with Crippen LogP contribution < -0.4 is 57.3 Å². The zero-order valence-corrected chi connectivity index (χ0v) is 69.1. The second-order valence-electron chi connectivity index (χ2n) is 32.1. The Morgan fingerprint density at radius 2 is 0.650 bits per heavy atom. The molecule has 0 aliphatic carbocycles.